The van der Waals surface area contributed by atoms with Crippen LogP contribution in [0.1, 0.15) is 91.9 Å². The summed E-state index contributed by atoms with van der Waals surface area (Å²) in [5.41, 5.74) is 1.49. The third-order valence-corrected chi connectivity index (χ3v) is 19.5. The zero-order valence-electron chi connectivity index (χ0n) is 42.7. The normalized spacial score (nSPS) is 52.9. The second kappa shape index (κ2) is 23.0. The summed E-state index contributed by atoms with van der Waals surface area (Å²) in [5, 5.41) is 147. The van der Waals surface area contributed by atoms with Gasteiger partial charge in [0.15, 0.2) is 25.2 Å². The number of ether oxygens (including phenoxy) is 9. The van der Waals surface area contributed by atoms with Crippen molar-refractivity contribution in [2.24, 2.45) is 46.3 Å². The molecule has 0 aromatic rings. The molecule has 0 unspecified atom stereocenters. The maximum atomic E-state index is 11.6. The summed E-state index contributed by atoms with van der Waals surface area (Å²) in [6.45, 7) is 6.62. The first-order valence-corrected chi connectivity index (χ1v) is 27.0. The second-order valence-electron chi connectivity index (χ2n) is 23.7. The molecule has 4 saturated heterocycles. The Kier molecular flexibility index (Phi) is 17.8. The fraction of sp³-hybridized carbons (Fsp3) is 0.961. The zero-order chi connectivity index (χ0) is 53.3. The number of hydrogen-bond donors (Lipinski definition) is 14. The van der Waals surface area contributed by atoms with E-state index in [1.165, 1.54) is 5.57 Å². The lowest BCUT2D eigenvalue weighted by Crippen LogP contribution is -2.67. The van der Waals surface area contributed by atoms with Crippen LogP contribution in [0.5, 0.6) is 0 Å². The molecule has 0 bridgehead atoms. The predicted molar refractivity (Wildman–Crippen MR) is 250 cm³/mol. The molecule has 5 aliphatic heterocycles. The molecule has 4 aliphatic carbocycles. The van der Waals surface area contributed by atoms with Crippen LogP contribution in [-0.2, 0) is 42.6 Å². The van der Waals surface area contributed by atoms with E-state index in [0.29, 0.717) is 36.0 Å². The van der Waals surface area contributed by atoms with E-state index in [-0.39, 0.29) is 35.6 Å². The number of allylic oxidation sites excluding steroid dienone is 1. The van der Waals surface area contributed by atoms with Crippen molar-refractivity contribution in [3.05, 3.63) is 11.3 Å². The summed E-state index contributed by atoms with van der Waals surface area (Å²) in [7, 11) is 0. The van der Waals surface area contributed by atoms with Gasteiger partial charge in [0.1, 0.15) is 104 Å². The molecular weight excluding hydrogens is 981 g/mol. The van der Waals surface area contributed by atoms with E-state index in [9.17, 15) is 71.5 Å². The van der Waals surface area contributed by atoms with Crippen LogP contribution in [0.3, 0.4) is 0 Å². The quantitative estimate of drug-likeness (QED) is 0.0685. The van der Waals surface area contributed by atoms with Gasteiger partial charge in [0, 0.05) is 12.3 Å². The molecule has 9 rings (SSSR count). The van der Waals surface area contributed by atoms with Crippen LogP contribution in [0, 0.1) is 46.3 Å². The van der Waals surface area contributed by atoms with Crippen molar-refractivity contribution in [3.8, 4) is 0 Å². The molecule has 14 N–H and O–H groups in total. The Balaban J connectivity index is 0.786. The van der Waals surface area contributed by atoms with E-state index in [4.69, 9.17) is 42.6 Å². The van der Waals surface area contributed by atoms with Crippen LogP contribution in [0.25, 0.3) is 0 Å². The number of hydrogen-bond acceptors (Lipinski definition) is 23. The number of fused-ring (bicyclic) bond motifs is 7. The highest BCUT2D eigenvalue weighted by Gasteiger charge is 2.65. The molecule has 0 radical (unpaired) electrons. The lowest BCUT2D eigenvalue weighted by atomic mass is 9.44. The van der Waals surface area contributed by atoms with Crippen molar-refractivity contribution in [1.82, 2.24) is 0 Å². The molecule has 0 aromatic carbocycles. The van der Waals surface area contributed by atoms with Crippen molar-refractivity contribution < 1.29 is 114 Å². The molecule has 74 heavy (non-hydrogen) atoms. The second-order valence-corrected chi connectivity index (χ2v) is 23.7. The van der Waals surface area contributed by atoms with Gasteiger partial charge in [0.25, 0.3) is 0 Å². The van der Waals surface area contributed by atoms with Gasteiger partial charge in [-0.25, -0.2) is 0 Å². The molecule has 426 valence electrons. The van der Waals surface area contributed by atoms with E-state index in [1.807, 2.05) is 6.92 Å². The summed E-state index contributed by atoms with van der Waals surface area (Å²) in [6.07, 6.45) is -22.6. The van der Waals surface area contributed by atoms with E-state index < -0.39 is 149 Å². The van der Waals surface area contributed by atoms with Gasteiger partial charge in [0.2, 0.25) is 0 Å². The maximum absolute atomic E-state index is 11.6. The van der Waals surface area contributed by atoms with Crippen molar-refractivity contribution in [2.45, 2.75) is 227 Å². The average Bonchev–Trinajstić information content (AvgIpc) is 3.88. The third kappa shape index (κ3) is 10.4. The highest BCUT2D eigenvalue weighted by molar-refractivity contribution is 5.27. The minimum absolute atomic E-state index is 0.0590. The molecule has 0 aromatic heterocycles. The van der Waals surface area contributed by atoms with Crippen LogP contribution in [-0.4, -0.2) is 240 Å². The van der Waals surface area contributed by atoms with Gasteiger partial charge in [0.05, 0.1) is 44.9 Å². The topological polar surface area (TPSA) is 366 Å². The average molecular weight is 1070 g/mol. The van der Waals surface area contributed by atoms with Crippen LogP contribution in [0.4, 0.5) is 0 Å². The molecule has 0 amide bonds. The first kappa shape index (κ1) is 57.3. The van der Waals surface area contributed by atoms with Gasteiger partial charge in [-0.05, 0) is 111 Å². The lowest BCUT2D eigenvalue weighted by molar-refractivity contribution is -0.390. The Hall–Kier alpha value is -1.34. The lowest BCUT2D eigenvalue weighted by Gasteiger charge is -2.61. The Morgan fingerprint density at radius 1 is 0.541 bits per heavy atom. The standard InChI is InChI=1S/C51H84O23/c1-20(19-66-46-41(63)37(59)34(56)29(15-52)69-46)5-8-27-21(2)33-28(68-27)14-26-24-7-6-22-13-23(9-11-50(22,3)25(24)10-12-51(26,33)4)67-47-43(65)40(62)44(32(18-55)72-47)73-49-45(39(61)36(58)31(17-54)71-49)74-48-42(64)38(60)35(57)30(16-53)70-48/h20,22-26,28-49,52-65H,5-19H2,1-4H3/t20-,22-,23-,24+,25-,26-,28-,29-,30+,31+,32+,33-,34-,35+,36+,37+,38-,39-,40+,41-,42+,43+,44-,45+,46+,47+,48-,49-,50-,51-/m0/s1. The third-order valence-electron chi connectivity index (χ3n) is 19.5. The fourth-order valence-corrected chi connectivity index (χ4v) is 15.2. The minimum atomic E-state index is -1.91. The molecule has 0 spiro atoms. The minimum Gasteiger partial charge on any atom is -0.494 e. The predicted octanol–water partition coefficient (Wildman–Crippen LogP) is -3.01. The monoisotopic (exact) mass is 1060 g/mol. The van der Waals surface area contributed by atoms with E-state index in [1.54, 1.807) is 0 Å². The summed E-state index contributed by atoms with van der Waals surface area (Å²) in [4.78, 5) is 0. The summed E-state index contributed by atoms with van der Waals surface area (Å²) in [5.74, 6) is 3.37. The van der Waals surface area contributed by atoms with Crippen LogP contribution >= 0.6 is 0 Å². The SMILES string of the molecule is CC1=C(CC[C@H](C)CO[C@@H]2O[C@@H](CO)[C@H](O)[C@@H](O)[C@@H]2O)O[C@H]2C[C@H]3[C@@H]4CC[C@H]5C[C@@H](O[C@@H]6O[C@H](CO)[C@H](O[C@@H]7O[C@H](CO)[C@@H](O)[C@H](O)[C@H]7O[C@@H]7O[C@H](CO)[C@@H](O)[C@H](O)[C@H]7O)[C@H](O)[C@H]6O)CC[C@]5(C)[C@H]4CC[C@]3(C)[C@@H]12. The Morgan fingerprint density at radius 2 is 1.07 bits per heavy atom. The molecule has 23 heteroatoms. The zero-order valence-corrected chi connectivity index (χ0v) is 42.7. The van der Waals surface area contributed by atoms with Crippen molar-refractivity contribution in [3.63, 3.8) is 0 Å². The number of rotatable bonds is 16. The number of aliphatic hydroxyl groups excluding tert-OH is 14. The van der Waals surface area contributed by atoms with Gasteiger partial charge in [-0.15, -0.1) is 0 Å². The number of aliphatic hydroxyl groups is 14. The fourth-order valence-electron chi connectivity index (χ4n) is 15.2. The van der Waals surface area contributed by atoms with Crippen LogP contribution in [0.2, 0.25) is 0 Å². The van der Waals surface area contributed by atoms with Crippen molar-refractivity contribution in [1.29, 1.82) is 0 Å². The smallest absolute Gasteiger partial charge is 0.187 e. The van der Waals surface area contributed by atoms with E-state index in [2.05, 4.69) is 20.8 Å². The molecule has 4 saturated carbocycles. The van der Waals surface area contributed by atoms with Gasteiger partial charge in [-0.3, -0.25) is 0 Å². The summed E-state index contributed by atoms with van der Waals surface area (Å²) in [6, 6.07) is 0. The molecular formula is C51H84O23. The molecule has 8 fully saturated rings. The van der Waals surface area contributed by atoms with Crippen molar-refractivity contribution in [2.75, 3.05) is 33.0 Å². The van der Waals surface area contributed by atoms with Crippen LogP contribution in [0.15, 0.2) is 11.3 Å². The Morgan fingerprint density at radius 3 is 1.72 bits per heavy atom. The van der Waals surface area contributed by atoms with Crippen LogP contribution < -0.4 is 0 Å². The summed E-state index contributed by atoms with van der Waals surface area (Å²) < 4.78 is 53.7. The van der Waals surface area contributed by atoms with Gasteiger partial charge in [-0.2, -0.15) is 0 Å². The molecule has 23 nitrogen and oxygen atoms in total. The highest BCUT2D eigenvalue weighted by atomic mass is 16.8. The largest absolute Gasteiger partial charge is 0.494 e. The first-order valence-electron chi connectivity index (χ1n) is 27.0. The first-order chi connectivity index (χ1) is 35.2. The summed E-state index contributed by atoms with van der Waals surface area (Å²) >= 11 is 0. The molecule has 9 aliphatic rings. The van der Waals surface area contributed by atoms with Crippen molar-refractivity contribution >= 4 is 0 Å². The molecule has 30 atom stereocenters. The highest BCUT2D eigenvalue weighted by Crippen LogP contribution is 2.70. The Bertz CT molecular complexity index is 1890. The Labute approximate surface area is 430 Å². The van der Waals surface area contributed by atoms with E-state index in [0.717, 1.165) is 63.5 Å². The molecule has 5 heterocycles. The van der Waals surface area contributed by atoms with E-state index >= 15 is 0 Å². The van der Waals surface area contributed by atoms with Gasteiger partial charge < -0.3 is 114 Å². The van der Waals surface area contributed by atoms with Gasteiger partial charge in [-0.1, -0.05) is 20.8 Å². The van der Waals surface area contributed by atoms with Gasteiger partial charge >= 0.3 is 0 Å². The maximum Gasteiger partial charge on any atom is 0.187 e.